The summed E-state index contributed by atoms with van der Waals surface area (Å²) in [7, 11) is 1.73. The van der Waals surface area contributed by atoms with Crippen molar-refractivity contribution in [3.8, 4) is 11.8 Å². The fourth-order valence-electron chi connectivity index (χ4n) is 2.19. The first-order valence-corrected chi connectivity index (χ1v) is 7.31. The normalized spacial score (nSPS) is 11.3. The fraction of sp³-hybridized carbons (Fsp3) is 0.222. The third kappa shape index (κ3) is 4.48. The Morgan fingerprint density at radius 1 is 1.30 bits per heavy atom. The Bertz CT molecular complexity index is 720. The molecular formula is C18H19N3O2. The maximum absolute atomic E-state index is 12.3. The first kappa shape index (κ1) is 16.4. The Labute approximate surface area is 135 Å². The highest BCUT2D eigenvalue weighted by atomic mass is 16.3. The van der Waals surface area contributed by atoms with Gasteiger partial charge in [0.25, 0.3) is 0 Å². The lowest BCUT2D eigenvalue weighted by Crippen LogP contribution is -2.39. The standard InChI is InChI=1S/C18H19N3O2/c1-13(10-14-6-8-17(22)9-7-14)21(2)18(23)20-16-5-3-4-15(11-16)12-19/h3-9,11,13,22H,10H2,1-2H3,(H,20,23)/t13-/m0/s1. The number of rotatable bonds is 4. The van der Waals surface area contributed by atoms with Crippen LogP contribution < -0.4 is 5.32 Å². The number of hydrogen-bond donors (Lipinski definition) is 2. The second-order valence-corrected chi connectivity index (χ2v) is 5.45. The fourth-order valence-corrected chi connectivity index (χ4v) is 2.19. The van der Waals surface area contributed by atoms with E-state index < -0.39 is 0 Å². The maximum Gasteiger partial charge on any atom is 0.321 e. The van der Waals surface area contributed by atoms with E-state index in [1.807, 2.05) is 25.1 Å². The lowest BCUT2D eigenvalue weighted by Gasteiger charge is -2.25. The largest absolute Gasteiger partial charge is 0.508 e. The van der Waals surface area contributed by atoms with Crippen LogP contribution >= 0.6 is 0 Å². The van der Waals surface area contributed by atoms with E-state index in [9.17, 15) is 9.90 Å². The van der Waals surface area contributed by atoms with Gasteiger partial charge in [-0.1, -0.05) is 18.2 Å². The van der Waals surface area contributed by atoms with Gasteiger partial charge in [0, 0.05) is 18.8 Å². The van der Waals surface area contributed by atoms with E-state index in [1.54, 1.807) is 48.3 Å². The minimum absolute atomic E-state index is 0.0151. The van der Waals surface area contributed by atoms with Crippen LogP contribution in [-0.4, -0.2) is 29.1 Å². The van der Waals surface area contributed by atoms with Gasteiger partial charge in [0.15, 0.2) is 0 Å². The summed E-state index contributed by atoms with van der Waals surface area (Å²) in [5, 5.41) is 21.0. The van der Waals surface area contributed by atoms with Crippen molar-refractivity contribution in [1.82, 2.24) is 4.90 Å². The number of phenolic OH excluding ortho intramolecular Hbond substituents is 1. The molecule has 23 heavy (non-hydrogen) atoms. The summed E-state index contributed by atoms with van der Waals surface area (Å²) in [4.78, 5) is 13.9. The van der Waals surface area contributed by atoms with E-state index >= 15 is 0 Å². The number of urea groups is 1. The zero-order chi connectivity index (χ0) is 16.8. The second-order valence-electron chi connectivity index (χ2n) is 5.45. The number of hydrogen-bond acceptors (Lipinski definition) is 3. The minimum Gasteiger partial charge on any atom is -0.508 e. The number of nitrogens with one attached hydrogen (secondary N) is 1. The molecule has 2 amide bonds. The average Bonchev–Trinajstić information content (AvgIpc) is 2.56. The molecule has 0 aliphatic carbocycles. The van der Waals surface area contributed by atoms with Crippen molar-refractivity contribution < 1.29 is 9.90 Å². The van der Waals surface area contributed by atoms with Gasteiger partial charge in [-0.05, 0) is 49.2 Å². The molecule has 0 saturated carbocycles. The molecule has 118 valence electrons. The quantitative estimate of drug-likeness (QED) is 0.909. The smallest absolute Gasteiger partial charge is 0.321 e. The minimum atomic E-state index is -0.230. The van der Waals surface area contributed by atoms with Gasteiger partial charge in [-0.15, -0.1) is 0 Å². The van der Waals surface area contributed by atoms with Crippen molar-refractivity contribution in [3.05, 3.63) is 59.7 Å². The van der Waals surface area contributed by atoms with E-state index in [1.165, 1.54) is 0 Å². The monoisotopic (exact) mass is 309 g/mol. The molecule has 0 aromatic heterocycles. The van der Waals surface area contributed by atoms with Gasteiger partial charge in [0.1, 0.15) is 5.75 Å². The zero-order valence-corrected chi connectivity index (χ0v) is 13.2. The predicted octanol–water partition coefficient (Wildman–Crippen LogP) is 3.36. The van der Waals surface area contributed by atoms with E-state index in [0.717, 1.165) is 5.56 Å². The summed E-state index contributed by atoms with van der Waals surface area (Å²) in [5.74, 6) is 0.227. The number of aromatic hydroxyl groups is 1. The van der Waals surface area contributed by atoms with Gasteiger partial charge < -0.3 is 15.3 Å². The van der Waals surface area contributed by atoms with E-state index in [0.29, 0.717) is 17.7 Å². The number of benzene rings is 2. The molecule has 2 aromatic rings. The summed E-state index contributed by atoms with van der Waals surface area (Å²) >= 11 is 0. The van der Waals surface area contributed by atoms with Crippen molar-refractivity contribution in [2.75, 3.05) is 12.4 Å². The Morgan fingerprint density at radius 2 is 2.00 bits per heavy atom. The highest BCUT2D eigenvalue weighted by molar-refractivity contribution is 5.89. The zero-order valence-electron chi connectivity index (χ0n) is 13.2. The number of likely N-dealkylation sites (N-methyl/N-ethyl adjacent to an activating group) is 1. The van der Waals surface area contributed by atoms with Crippen molar-refractivity contribution in [2.45, 2.75) is 19.4 Å². The highest BCUT2D eigenvalue weighted by Gasteiger charge is 2.16. The average molecular weight is 309 g/mol. The van der Waals surface area contributed by atoms with Crippen molar-refractivity contribution in [1.29, 1.82) is 5.26 Å². The first-order chi connectivity index (χ1) is 11.0. The van der Waals surface area contributed by atoms with Gasteiger partial charge in [0.2, 0.25) is 0 Å². The second kappa shape index (κ2) is 7.32. The molecular weight excluding hydrogens is 290 g/mol. The molecule has 0 aliphatic heterocycles. The Morgan fingerprint density at radius 3 is 2.65 bits per heavy atom. The molecule has 5 nitrogen and oxygen atoms in total. The van der Waals surface area contributed by atoms with Gasteiger partial charge >= 0.3 is 6.03 Å². The van der Waals surface area contributed by atoms with E-state index in [-0.39, 0.29) is 17.8 Å². The number of amides is 2. The number of anilines is 1. The molecule has 0 spiro atoms. The van der Waals surface area contributed by atoms with Crippen LogP contribution in [0.5, 0.6) is 5.75 Å². The summed E-state index contributed by atoms with van der Waals surface area (Å²) in [6.45, 7) is 1.96. The molecule has 2 N–H and O–H groups in total. The molecule has 0 unspecified atom stereocenters. The molecule has 2 rings (SSSR count). The van der Waals surface area contributed by atoms with Crippen LogP contribution in [0.25, 0.3) is 0 Å². The van der Waals surface area contributed by atoms with E-state index in [2.05, 4.69) is 5.32 Å². The van der Waals surface area contributed by atoms with Crippen LogP contribution in [-0.2, 0) is 6.42 Å². The van der Waals surface area contributed by atoms with Gasteiger partial charge in [-0.2, -0.15) is 5.26 Å². The van der Waals surface area contributed by atoms with Gasteiger partial charge in [0.05, 0.1) is 11.6 Å². The number of phenols is 1. The molecule has 2 aromatic carbocycles. The lowest BCUT2D eigenvalue weighted by atomic mass is 10.1. The number of carbonyl (C=O) groups is 1. The summed E-state index contributed by atoms with van der Waals surface area (Å²) in [5.41, 5.74) is 2.14. The van der Waals surface area contributed by atoms with Crippen molar-refractivity contribution in [3.63, 3.8) is 0 Å². The predicted molar refractivity (Wildman–Crippen MR) is 89.2 cm³/mol. The third-order valence-corrected chi connectivity index (χ3v) is 3.69. The van der Waals surface area contributed by atoms with Crippen LogP contribution in [0.15, 0.2) is 48.5 Å². The third-order valence-electron chi connectivity index (χ3n) is 3.69. The first-order valence-electron chi connectivity index (χ1n) is 7.31. The number of nitrogens with zero attached hydrogens (tertiary/aromatic N) is 2. The molecule has 0 aliphatic rings. The van der Waals surface area contributed by atoms with E-state index in [4.69, 9.17) is 5.26 Å². The lowest BCUT2D eigenvalue weighted by molar-refractivity contribution is 0.207. The molecule has 0 fully saturated rings. The number of nitriles is 1. The van der Waals surface area contributed by atoms with Crippen molar-refractivity contribution >= 4 is 11.7 Å². The molecule has 1 atom stereocenters. The molecule has 0 radical (unpaired) electrons. The van der Waals surface area contributed by atoms with Crippen LogP contribution in [0.4, 0.5) is 10.5 Å². The molecule has 5 heteroatoms. The Hall–Kier alpha value is -3.00. The molecule has 0 bridgehead atoms. The summed E-state index contributed by atoms with van der Waals surface area (Å²) in [6, 6.07) is 15.6. The maximum atomic E-state index is 12.3. The van der Waals surface area contributed by atoms with Crippen LogP contribution in [0.3, 0.4) is 0 Å². The Kier molecular flexibility index (Phi) is 5.21. The summed E-state index contributed by atoms with van der Waals surface area (Å²) in [6.07, 6.45) is 0.683. The van der Waals surface area contributed by atoms with Crippen LogP contribution in [0, 0.1) is 11.3 Å². The van der Waals surface area contributed by atoms with Crippen LogP contribution in [0.2, 0.25) is 0 Å². The van der Waals surface area contributed by atoms with Gasteiger partial charge in [-0.3, -0.25) is 0 Å². The molecule has 0 heterocycles. The highest BCUT2D eigenvalue weighted by Crippen LogP contribution is 2.15. The topological polar surface area (TPSA) is 76.4 Å². The molecule has 0 saturated heterocycles. The van der Waals surface area contributed by atoms with Gasteiger partial charge in [-0.25, -0.2) is 4.79 Å². The summed E-state index contributed by atoms with van der Waals surface area (Å²) < 4.78 is 0. The van der Waals surface area contributed by atoms with Crippen molar-refractivity contribution in [2.24, 2.45) is 0 Å². The Balaban J connectivity index is 1.98. The SMILES string of the molecule is C[C@@H](Cc1ccc(O)cc1)N(C)C(=O)Nc1cccc(C#N)c1. The van der Waals surface area contributed by atoms with Crippen LogP contribution in [0.1, 0.15) is 18.1 Å². The number of carbonyl (C=O) groups excluding carboxylic acids is 1.